The number of phenols is 1. The van der Waals surface area contributed by atoms with Crippen LogP contribution in [0, 0.1) is 0 Å². The van der Waals surface area contributed by atoms with Crippen molar-refractivity contribution in [2.45, 2.75) is 46.1 Å². The second kappa shape index (κ2) is 6.64. The first-order valence-electron chi connectivity index (χ1n) is 7.54. The zero-order valence-corrected chi connectivity index (χ0v) is 12.5. The van der Waals surface area contributed by atoms with Gasteiger partial charge in [0.25, 0.3) is 0 Å². The topological polar surface area (TPSA) is 61.8 Å². The van der Waals surface area contributed by atoms with Gasteiger partial charge in [-0.25, -0.2) is 4.99 Å². The van der Waals surface area contributed by atoms with Gasteiger partial charge in [-0.3, -0.25) is 0 Å². The van der Waals surface area contributed by atoms with Crippen molar-refractivity contribution in [3.8, 4) is 5.75 Å². The monoisotopic (exact) mass is 275 g/mol. The van der Waals surface area contributed by atoms with Crippen molar-refractivity contribution in [1.29, 1.82) is 0 Å². The first-order valence-corrected chi connectivity index (χ1v) is 7.54. The van der Waals surface area contributed by atoms with Crippen molar-refractivity contribution in [3.63, 3.8) is 0 Å². The lowest BCUT2D eigenvalue weighted by atomic mass is 9.88. The van der Waals surface area contributed by atoms with Crippen molar-refractivity contribution >= 4 is 5.96 Å². The van der Waals surface area contributed by atoms with Crippen LogP contribution in [0.25, 0.3) is 0 Å². The Kier molecular flexibility index (Phi) is 4.88. The molecule has 0 unspecified atom stereocenters. The van der Waals surface area contributed by atoms with Gasteiger partial charge in [-0.15, -0.1) is 0 Å². The molecule has 20 heavy (non-hydrogen) atoms. The molecule has 1 aliphatic rings. The molecule has 4 nitrogen and oxygen atoms in total. The highest BCUT2D eigenvalue weighted by atomic mass is 16.3. The fraction of sp³-hybridized carbons (Fsp3) is 0.562. The van der Waals surface area contributed by atoms with Crippen molar-refractivity contribution in [2.75, 3.05) is 13.1 Å². The molecule has 0 atom stereocenters. The van der Waals surface area contributed by atoms with E-state index in [2.05, 4.69) is 18.8 Å². The van der Waals surface area contributed by atoms with Crippen LogP contribution in [0.5, 0.6) is 5.75 Å². The van der Waals surface area contributed by atoms with E-state index in [4.69, 9.17) is 5.73 Å². The molecule has 0 radical (unpaired) electrons. The molecule has 0 amide bonds. The molecule has 1 aliphatic carbocycles. The van der Waals surface area contributed by atoms with Gasteiger partial charge in [-0.1, -0.05) is 6.07 Å². The van der Waals surface area contributed by atoms with Crippen LogP contribution in [-0.2, 0) is 19.4 Å². The van der Waals surface area contributed by atoms with Gasteiger partial charge in [0.15, 0.2) is 5.96 Å². The predicted molar refractivity (Wildman–Crippen MR) is 83.0 cm³/mol. The van der Waals surface area contributed by atoms with E-state index in [0.717, 1.165) is 31.5 Å². The molecule has 110 valence electrons. The van der Waals surface area contributed by atoms with Gasteiger partial charge in [0.2, 0.25) is 0 Å². The fourth-order valence-electron chi connectivity index (χ4n) is 2.88. The maximum absolute atomic E-state index is 10.1. The van der Waals surface area contributed by atoms with Crippen molar-refractivity contribution in [2.24, 2.45) is 10.7 Å². The van der Waals surface area contributed by atoms with Crippen LogP contribution in [-0.4, -0.2) is 29.1 Å². The Morgan fingerprint density at radius 3 is 2.65 bits per heavy atom. The third-order valence-electron chi connectivity index (χ3n) is 4.11. The number of guanidine groups is 1. The van der Waals surface area contributed by atoms with E-state index in [1.54, 1.807) is 6.07 Å². The number of fused-ring (bicyclic) bond motifs is 1. The summed E-state index contributed by atoms with van der Waals surface area (Å²) in [5.41, 5.74) is 9.61. The third kappa shape index (κ3) is 3.06. The second-order valence-electron chi connectivity index (χ2n) is 5.25. The minimum atomic E-state index is 0.349. The quantitative estimate of drug-likeness (QED) is 0.655. The number of phenolic OH excluding ortho intramolecular Hbond substituents is 1. The third-order valence-corrected chi connectivity index (χ3v) is 4.11. The summed E-state index contributed by atoms with van der Waals surface area (Å²) in [4.78, 5) is 6.49. The molecular formula is C16H25N3O. The first-order chi connectivity index (χ1) is 9.67. The number of rotatable bonds is 4. The van der Waals surface area contributed by atoms with Gasteiger partial charge < -0.3 is 15.7 Å². The maximum Gasteiger partial charge on any atom is 0.191 e. The van der Waals surface area contributed by atoms with Crippen LogP contribution in [0.3, 0.4) is 0 Å². The van der Waals surface area contributed by atoms with E-state index >= 15 is 0 Å². The molecule has 1 aromatic carbocycles. The largest absolute Gasteiger partial charge is 0.508 e. The molecule has 2 rings (SSSR count). The first kappa shape index (κ1) is 14.7. The highest BCUT2D eigenvalue weighted by Crippen LogP contribution is 2.31. The summed E-state index contributed by atoms with van der Waals surface area (Å²) in [5.74, 6) is 0.907. The molecule has 0 heterocycles. The fourth-order valence-corrected chi connectivity index (χ4v) is 2.88. The molecule has 0 bridgehead atoms. The van der Waals surface area contributed by atoms with Crippen LogP contribution in [0.2, 0.25) is 0 Å². The summed E-state index contributed by atoms with van der Waals surface area (Å²) in [7, 11) is 0. The standard InChI is InChI=1S/C16H25N3O/c1-3-19(4-2)16(17)18-11-14-13-8-6-5-7-12(13)9-10-15(14)20/h9-10,20H,3-8,11H2,1-2H3,(H2,17,18). The van der Waals surface area contributed by atoms with Gasteiger partial charge in [0, 0.05) is 18.7 Å². The van der Waals surface area contributed by atoms with Crippen LogP contribution >= 0.6 is 0 Å². The summed E-state index contributed by atoms with van der Waals surface area (Å²) in [5, 5.41) is 10.1. The number of nitrogens with zero attached hydrogens (tertiary/aromatic N) is 2. The van der Waals surface area contributed by atoms with Crippen LogP contribution in [0.15, 0.2) is 17.1 Å². The van der Waals surface area contributed by atoms with Crippen LogP contribution < -0.4 is 5.73 Å². The number of aliphatic imine (C=N–C) groups is 1. The minimum absolute atomic E-state index is 0.349. The van der Waals surface area contributed by atoms with Gasteiger partial charge in [0.05, 0.1) is 6.54 Å². The predicted octanol–water partition coefficient (Wildman–Crippen LogP) is 2.43. The van der Waals surface area contributed by atoms with Gasteiger partial charge in [-0.05, 0) is 56.7 Å². The Morgan fingerprint density at radius 2 is 1.95 bits per heavy atom. The molecular weight excluding hydrogens is 250 g/mol. The van der Waals surface area contributed by atoms with Crippen LogP contribution in [0.4, 0.5) is 0 Å². The average molecular weight is 275 g/mol. The SMILES string of the molecule is CCN(CC)C(N)=NCc1c(O)ccc2c1CCCC2. The molecule has 0 saturated carbocycles. The Labute approximate surface area is 121 Å². The number of aryl methyl sites for hydroxylation is 1. The summed E-state index contributed by atoms with van der Waals surface area (Å²) < 4.78 is 0. The number of aromatic hydroxyl groups is 1. The Hall–Kier alpha value is -1.71. The molecule has 3 N–H and O–H groups in total. The van der Waals surface area contributed by atoms with Gasteiger partial charge in [0.1, 0.15) is 5.75 Å². The van der Waals surface area contributed by atoms with Crippen molar-refractivity contribution in [3.05, 3.63) is 28.8 Å². The zero-order chi connectivity index (χ0) is 14.5. The van der Waals surface area contributed by atoms with E-state index in [1.165, 1.54) is 24.0 Å². The molecule has 0 saturated heterocycles. The number of nitrogens with two attached hydrogens (primary N) is 1. The molecule has 0 fully saturated rings. The van der Waals surface area contributed by atoms with E-state index in [0.29, 0.717) is 18.3 Å². The lowest BCUT2D eigenvalue weighted by molar-refractivity contribution is 0.454. The number of hydrogen-bond donors (Lipinski definition) is 2. The molecule has 1 aromatic rings. The summed E-state index contributed by atoms with van der Waals surface area (Å²) in [6.07, 6.45) is 4.58. The summed E-state index contributed by atoms with van der Waals surface area (Å²) >= 11 is 0. The lowest BCUT2D eigenvalue weighted by Gasteiger charge is -2.21. The highest BCUT2D eigenvalue weighted by Gasteiger charge is 2.16. The maximum atomic E-state index is 10.1. The van der Waals surface area contributed by atoms with Crippen LogP contribution in [0.1, 0.15) is 43.4 Å². The molecule has 0 aliphatic heterocycles. The van der Waals surface area contributed by atoms with E-state index in [1.807, 2.05) is 11.0 Å². The average Bonchev–Trinajstić information content (AvgIpc) is 2.47. The van der Waals surface area contributed by atoms with Crippen molar-refractivity contribution in [1.82, 2.24) is 4.90 Å². The normalized spacial score (nSPS) is 15.0. The molecule has 4 heteroatoms. The summed E-state index contributed by atoms with van der Waals surface area (Å²) in [6.45, 7) is 6.30. The highest BCUT2D eigenvalue weighted by molar-refractivity contribution is 5.78. The minimum Gasteiger partial charge on any atom is -0.508 e. The summed E-state index contributed by atoms with van der Waals surface area (Å²) in [6, 6.07) is 3.84. The Bertz CT molecular complexity index is 493. The van der Waals surface area contributed by atoms with Crippen molar-refractivity contribution < 1.29 is 5.11 Å². The van der Waals surface area contributed by atoms with E-state index < -0.39 is 0 Å². The van der Waals surface area contributed by atoms with Gasteiger partial charge >= 0.3 is 0 Å². The molecule has 0 spiro atoms. The Balaban J connectivity index is 2.23. The van der Waals surface area contributed by atoms with E-state index in [9.17, 15) is 5.11 Å². The number of hydrogen-bond acceptors (Lipinski definition) is 2. The second-order valence-corrected chi connectivity index (χ2v) is 5.25. The van der Waals surface area contributed by atoms with Gasteiger partial charge in [-0.2, -0.15) is 0 Å². The Morgan fingerprint density at radius 1 is 1.25 bits per heavy atom. The molecule has 0 aromatic heterocycles. The van der Waals surface area contributed by atoms with E-state index in [-0.39, 0.29) is 0 Å². The lowest BCUT2D eigenvalue weighted by Crippen LogP contribution is -2.37. The number of benzene rings is 1. The zero-order valence-electron chi connectivity index (χ0n) is 12.5. The smallest absolute Gasteiger partial charge is 0.191 e.